The molecule has 0 aliphatic carbocycles. The zero-order valence-corrected chi connectivity index (χ0v) is 12.1. The largest absolute Gasteiger partial charge is 0.395 e. The predicted molar refractivity (Wildman–Crippen MR) is 80.9 cm³/mol. The molecule has 1 amide bonds. The average molecular weight is 283 g/mol. The Balaban J connectivity index is 2.27. The lowest BCUT2D eigenvalue weighted by molar-refractivity contribution is 0.101. The van der Waals surface area contributed by atoms with Gasteiger partial charge in [-0.3, -0.25) is 4.79 Å². The maximum atomic E-state index is 12.2. The van der Waals surface area contributed by atoms with Crippen LogP contribution in [0, 0.1) is 18.8 Å². The van der Waals surface area contributed by atoms with Crippen molar-refractivity contribution in [3.63, 3.8) is 0 Å². The summed E-state index contributed by atoms with van der Waals surface area (Å²) in [6.07, 6.45) is 3.50. The van der Waals surface area contributed by atoms with Crippen LogP contribution in [0.25, 0.3) is 0 Å². The van der Waals surface area contributed by atoms with Crippen LogP contribution in [0.2, 0.25) is 0 Å². The van der Waals surface area contributed by atoms with E-state index in [4.69, 9.17) is 5.11 Å². The van der Waals surface area contributed by atoms with Crippen LogP contribution in [-0.4, -0.2) is 27.2 Å². The van der Waals surface area contributed by atoms with Crippen molar-refractivity contribution in [3.8, 4) is 11.8 Å². The molecule has 0 saturated carbocycles. The molecule has 0 saturated heterocycles. The van der Waals surface area contributed by atoms with E-state index in [1.54, 1.807) is 17.9 Å². The van der Waals surface area contributed by atoms with Gasteiger partial charge in [-0.1, -0.05) is 17.9 Å². The van der Waals surface area contributed by atoms with Gasteiger partial charge in [0, 0.05) is 19.0 Å². The number of carbonyl (C=O) groups excluding carboxylic acids is 1. The summed E-state index contributed by atoms with van der Waals surface area (Å²) in [4.78, 5) is 16.2. The summed E-state index contributed by atoms with van der Waals surface area (Å²) in [6.45, 7) is 1.97. The van der Waals surface area contributed by atoms with Crippen molar-refractivity contribution in [2.45, 2.75) is 13.3 Å². The number of carbonyl (C=O) groups is 1. The van der Waals surface area contributed by atoms with Crippen molar-refractivity contribution in [2.75, 3.05) is 11.9 Å². The monoisotopic (exact) mass is 283 g/mol. The number of aliphatic hydroxyl groups excluding tert-OH is 1. The van der Waals surface area contributed by atoms with E-state index in [1.807, 2.05) is 25.1 Å². The van der Waals surface area contributed by atoms with E-state index in [-0.39, 0.29) is 12.5 Å². The van der Waals surface area contributed by atoms with E-state index in [1.165, 1.54) is 6.20 Å². The first-order chi connectivity index (χ1) is 10.1. The summed E-state index contributed by atoms with van der Waals surface area (Å²) >= 11 is 0. The Morgan fingerprint density at radius 3 is 2.95 bits per heavy atom. The molecule has 1 aromatic carbocycles. The first kappa shape index (κ1) is 14.8. The van der Waals surface area contributed by atoms with Crippen LogP contribution in [0.15, 0.2) is 30.7 Å². The molecule has 0 radical (unpaired) electrons. The molecule has 0 atom stereocenters. The van der Waals surface area contributed by atoms with Crippen LogP contribution in [0.1, 0.15) is 28.0 Å². The molecule has 21 heavy (non-hydrogen) atoms. The molecule has 0 bridgehead atoms. The predicted octanol–water partition coefficient (Wildman–Crippen LogP) is 1.71. The van der Waals surface area contributed by atoms with Crippen LogP contribution in [0.3, 0.4) is 0 Å². The summed E-state index contributed by atoms with van der Waals surface area (Å²) < 4.78 is 1.66. The molecule has 1 aromatic heterocycles. The highest BCUT2D eigenvalue weighted by atomic mass is 16.2. The first-order valence-electron chi connectivity index (χ1n) is 6.60. The molecular weight excluding hydrogens is 266 g/mol. The van der Waals surface area contributed by atoms with Gasteiger partial charge in [-0.2, -0.15) is 0 Å². The molecule has 1 heterocycles. The molecule has 0 unspecified atom stereocenters. The van der Waals surface area contributed by atoms with Crippen molar-refractivity contribution in [1.82, 2.24) is 9.55 Å². The van der Waals surface area contributed by atoms with Crippen LogP contribution >= 0.6 is 0 Å². The Labute approximate surface area is 123 Å². The number of imidazole rings is 1. The number of nitrogens with zero attached hydrogens (tertiary/aromatic N) is 2. The maximum absolute atomic E-state index is 12.2. The molecule has 5 heteroatoms. The highest BCUT2D eigenvalue weighted by Gasteiger charge is 2.11. The SMILES string of the molecule is Cc1ccc(C#CCCO)c(NC(=O)c2cncn2C)c1. The van der Waals surface area contributed by atoms with Gasteiger partial charge in [0.15, 0.2) is 0 Å². The standard InChI is InChI=1S/C16H17N3O2/c1-12-6-7-13(5-3-4-8-20)14(9-12)18-16(21)15-10-17-11-19(15)2/h6-7,9-11,20H,4,8H2,1-2H3,(H,18,21). The van der Waals surface area contributed by atoms with Crippen molar-refractivity contribution < 1.29 is 9.90 Å². The summed E-state index contributed by atoms with van der Waals surface area (Å²) in [5, 5.41) is 11.6. The second-order valence-electron chi connectivity index (χ2n) is 4.67. The van der Waals surface area contributed by atoms with Crippen molar-refractivity contribution in [3.05, 3.63) is 47.5 Å². The minimum atomic E-state index is -0.231. The quantitative estimate of drug-likeness (QED) is 0.843. The number of nitrogens with one attached hydrogen (secondary N) is 1. The number of hydrogen-bond donors (Lipinski definition) is 2. The number of aromatic nitrogens is 2. The number of aliphatic hydroxyl groups is 1. The zero-order valence-electron chi connectivity index (χ0n) is 12.1. The fourth-order valence-corrected chi connectivity index (χ4v) is 1.85. The number of aryl methyl sites for hydroxylation is 2. The number of amides is 1. The van der Waals surface area contributed by atoms with E-state index in [0.717, 1.165) is 11.1 Å². The minimum absolute atomic E-state index is 0.0234. The molecule has 0 aliphatic rings. The van der Waals surface area contributed by atoms with Crippen LogP contribution in [0.4, 0.5) is 5.69 Å². The molecule has 0 spiro atoms. The van der Waals surface area contributed by atoms with Gasteiger partial charge in [0.25, 0.3) is 5.91 Å². The third kappa shape index (κ3) is 3.71. The van der Waals surface area contributed by atoms with Gasteiger partial charge in [0.05, 0.1) is 24.8 Å². The fourth-order valence-electron chi connectivity index (χ4n) is 1.85. The average Bonchev–Trinajstić information content (AvgIpc) is 2.88. The highest BCUT2D eigenvalue weighted by Crippen LogP contribution is 2.17. The van der Waals surface area contributed by atoms with Crippen molar-refractivity contribution in [2.24, 2.45) is 7.05 Å². The lowest BCUT2D eigenvalue weighted by Crippen LogP contribution is -2.16. The topological polar surface area (TPSA) is 67.2 Å². The highest BCUT2D eigenvalue weighted by molar-refractivity contribution is 6.03. The summed E-state index contributed by atoms with van der Waals surface area (Å²) in [5.74, 6) is 5.59. The van der Waals surface area contributed by atoms with E-state index >= 15 is 0 Å². The molecule has 2 N–H and O–H groups in total. The van der Waals surface area contributed by atoms with Crippen LogP contribution in [0.5, 0.6) is 0 Å². The van der Waals surface area contributed by atoms with E-state index < -0.39 is 0 Å². The second kappa shape index (κ2) is 6.73. The van der Waals surface area contributed by atoms with Gasteiger partial charge < -0.3 is 15.0 Å². The normalized spacial score (nSPS) is 9.86. The number of anilines is 1. The zero-order chi connectivity index (χ0) is 15.2. The number of hydrogen-bond acceptors (Lipinski definition) is 3. The molecule has 5 nitrogen and oxygen atoms in total. The van der Waals surface area contributed by atoms with Crippen LogP contribution < -0.4 is 5.32 Å². The smallest absolute Gasteiger partial charge is 0.273 e. The van der Waals surface area contributed by atoms with E-state index in [0.29, 0.717) is 17.8 Å². The Morgan fingerprint density at radius 2 is 2.29 bits per heavy atom. The van der Waals surface area contributed by atoms with Gasteiger partial charge in [-0.25, -0.2) is 4.98 Å². The van der Waals surface area contributed by atoms with Gasteiger partial charge >= 0.3 is 0 Å². The maximum Gasteiger partial charge on any atom is 0.273 e. The lowest BCUT2D eigenvalue weighted by Gasteiger charge is -2.09. The van der Waals surface area contributed by atoms with Gasteiger partial charge in [0.1, 0.15) is 5.69 Å². The van der Waals surface area contributed by atoms with Gasteiger partial charge in [-0.15, -0.1) is 0 Å². The van der Waals surface area contributed by atoms with Crippen molar-refractivity contribution >= 4 is 11.6 Å². The van der Waals surface area contributed by atoms with E-state index in [9.17, 15) is 4.79 Å². The van der Waals surface area contributed by atoms with Gasteiger partial charge in [0.2, 0.25) is 0 Å². The Morgan fingerprint density at radius 1 is 1.48 bits per heavy atom. The first-order valence-corrected chi connectivity index (χ1v) is 6.60. The number of rotatable bonds is 3. The third-order valence-electron chi connectivity index (χ3n) is 2.93. The minimum Gasteiger partial charge on any atom is -0.395 e. The fraction of sp³-hybridized carbons (Fsp3) is 0.250. The molecule has 2 rings (SSSR count). The summed E-state index contributed by atoms with van der Waals surface area (Å²) in [5.41, 5.74) is 2.89. The summed E-state index contributed by atoms with van der Waals surface area (Å²) in [7, 11) is 1.76. The molecule has 2 aromatic rings. The molecule has 0 aliphatic heterocycles. The van der Waals surface area contributed by atoms with E-state index in [2.05, 4.69) is 22.1 Å². The second-order valence-corrected chi connectivity index (χ2v) is 4.67. The van der Waals surface area contributed by atoms with Gasteiger partial charge in [-0.05, 0) is 24.6 Å². The molecule has 0 fully saturated rings. The number of benzene rings is 1. The van der Waals surface area contributed by atoms with Crippen molar-refractivity contribution in [1.29, 1.82) is 0 Å². The molecule has 108 valence electrons. The Hall–Kier alpha value is -2.58. The Kier molecular flexibility index (Phi) is 4.75. The lowest BCUT2D eigenvalue weighted by atomic mass is 10.1. The summed E-state index contributed by atoms with van der Waals surface area (Å²) in [6, 6.07) is 5.67. The molecular formula is C16H17N3O2. The Bertz CT molecular complexity index is 708. The van der Waals surface area contributed by atoms with Crippen LogP contribution in [-0.2, 0) is 7.05 Å². The third-order valence-corrected chi connectivity index (χ3v) is 2.93.